The molecule has 0 aliphatic carbocycles. The summed E-state index contributed by atoms with van der Waals surface area (Å²) in [5.41, 5.74) is 5.28. The molecule has 1 atom stereocenters. The highest BCUT2D eigenvalue weighted by Crippen LogP contribution is 2.36. The van der Waals surface area contributed by atoms with E-state index in [1.807, 2.05) is 91.9 Å². The molecule has 4 aromatic carbocycles. The van der Waals surface area contributed by atoms with Gasteiger partial charge in [0.2, 0.25) is 0 Å². The first kappa shape index (κ1) is 37.0. The van der Waals surface area contributed by atoms with Crippen LogP contribution in [-0.4, -0.2) is 36.3 Å². The number of carbonyl (C=O) groups is 2. The van der Waals surface area contributed by atoms with E-state index in [0.29, 0.717) is 56.8 Å². The summed E-state index contributed by atoms with van der Waals surface area (Å²) in [6, 6.07) is 29.4. The third kappa shape index (κ3) is 8.18. The second kappa shape index (κ2) is 16.7. The first-order valence-electron chi connectivity index (χ1n) is 17.8. The van der Waals surface area contributed by atoms with E-state index >= 15 is 0 Å². The Bertz CT molecular complexity index is 2310. The summed E-state index contributed by atoms with van der Waals surface area (Å²) in [4.78, 5) is 45.7. The minimum atomic E-state index is -0.759. The van der Waals surface area contributed by atoms with Crippen molar-refractivity contribution < 1.29 is 28.5 Å². The van der Waals surface area contributed by atoms with Crippen molar-refractivity contribution in [3.8, 4) is 11.5 Å². The molecule has 0 bridgehead atoms. The van der Waals surface area contributed by atoms with Gasteiger partial charge in [-0.15, -0.1) is 0 Å². The molecule has 0 unspecified atom stereocenters. The summed E-state index contributed by atoms with van der Waals surface area (Å²) in [7, 11) is 0. The summed E-state index contributed by atoms with van der Waals surface area (Å²) >= 11 is 1.26. The van der Waals surface area contributed by atoms with E-state index in [2.05, 4.69) is 13.8 Å². The number of ether oxygens (including phenoxy) is 4. The van der Waals surface area contributed by atoms with Gasteiger partial charge >= 0.3 is 11.9 Å². The lowest BCUT2D eigenvalue weighted by molar-refractivity contribution is -0.138. The molecule has 2 heterocycles. The second-order valence-corrected chi connectivity index (χ2v) is 13.6. The molecule has 9 nitrogen and oxygen atoms in total. The van der Waals surface area contributed by atoms with Crippen molar-refractivity contribution >= 4 is 35.0 Å². The normalized spacial score (nSPS) is 14.1. The zero-order valence-electron chi connectivity index (χ0n) is 30.5. The number of aromatic nitrogens is 1. The van der Waals surface area contributed by atoms with Crippen molar-refractivity contribution in [2.24, 2.45) is 4.99 Å². The van der Waals surface area contributed by atoms with Crippen LogP contribution in [0.1, 0.15) is 84.8 Å². The molecule has 0 spiro atoms. The van der Waals surface area contributed by atoms with E-state index in [1.54, 1.807) is 36.6 Å². The van der Waals surface area contributed by atoms with Crippen LogP contribution in [0.4, 0.5) is 0 Å². The maximum atomic E-state index is 14.4. The molecule has 272 valence electrons. The van der Waals surface area contributed by atoms with Crippen molar-refractivity contribution in [2.75, 3.05) is 19.8 Å². The van der Waals surface area contributed by atoms with Crippen molar-refractivity contribution in [1.82, 2.24) is 4.57 Å². The van der Waals surface area contributed by atoms with Crippen LogP contribution >= 0.6 is 11.3 Å². The SMILES string of the molecule is CCOC(=O)C1=C(c2ccccc2)N=c2s/c(=C\c3ccc(OCc4ccc(C(=O)OCC)cc4)c(OCC)c3)c(=O)n2[C@H]1c1ccc(C(C)C)cc1. The highest BCUT2D eigenvalue weighted by molar-refractivity contribution is 7.07. The number of rotatable bonds is 13. The summed E-state index contributed by atoms with van der Waals surface area (Å²) in [5.74, 6) is 0.490. The minimum absolute atomic E-state index is 0.178. The Morgan fingerprint density at radius 1 is 0.811 bits per heavy atom. The Labute approximate surface area is 312 Å². The first-order chi connectivity index (χ1) is 25.7. The lowest BCUT2D eigenvalue weighted by Gasteiger charge is -2.26. The molecule has 0 N–H and O–H groups in total. The van der Waals surface area contributed by atoms with E-state index in [1.165, 1.54) is 11.3 Å². The fourth-order valence-corrected chi connectivity index (χ4v) is 7.09. The Kier molecular flexibility index (Phi) is 11.7. The highest BCUT2D eigenvalue weighted by atomic mass is 32.1. The molecular weight excluding hydrogens is 689 g/mol. The van der Waals surface area contributed by atoms with Gasteiger partial charge < -0.3 is 18.9 Å². The predicted molar refractivity (Wildman–Crippen MR) is 206 cm³/mol. The van der Waals surface area contributed by atoms with Gasteiger partial charge in [-0.3, -0.25) is 9.36 Å². The molecular formula is C43H42N2O7S. The van der Waals surface area contributed by atoms with Gasteiger partial charge in [-0.1, -0.05) is 98.0 Å². The molecule has 6 rings (SSSR count). The molecule has 0 radical (unpaired) electrons. The second-order valence-electron chi connectivity index (χ2n) is 12.6. The number of esters is 2. The van der Waals surface area contributed by atoms with E-state index in [4.69, 9.17) is 23.9 Å². The monoisotopic (exact) mass is 730 g/mol. The van der Waals surface area contributed by atoms with Gasteiger partial charge in [0.05, 0.1) is 47.2 Å². The number of hydrogen-bond donors (Lipinski definition) is 0. The zero-order chi connectivity index (χ0) is 37.5. The van der Waals surface area contributed by atoms with Crippen molar-refractivity contribution in [1.29, 1.82) is 0 Å². The fraction of sp³-hybridized carbons (Fsp3) is 0.256. The van der Waals surface area contributed by atoms with Crippen LogP contribution in [0.3, 0.4) is 0 Å². The standard InChI is InChI=1S/C43H42N2O7S/c1-6-49-35-24-29(16-23-34(35)52-26-28-14-17-33(18-15-28)41(47)50-7-2)25-36-40(46)45-39(32-21-19-30(20-22-32)27(4)5)37(42(48)51-8-3)38(44-43(45)53-36)31-12-10-9-11-13-31/h9-25,27,39H,6-8,26H2,1-5H3/b36-25-/t39-/m0/s1. The van der Waals surface area contributed by atoms with E-state index in [9.17, 15) is 14.4 Å². The Balaban J connectivity index is 1.40. The molecule has 1 aliphatic heterocycles. The van der Waals surface area contributed by atoms with Crippen molar-refractivity contribution in [3.05, 3.63) is 156 Å². The largest absolute Gasteiger partial charge is 0.490 e. The fourth-order valence-electron chi connectivity index (χ4n) is 6.08. The molecule has 1 aromatic heterocycles. The predicted octanol–water partition coefficient (Wildman–Crippen LogP) is 7.21. The molecule has 0 saturated carbocycles. The topological polar surface area (TPSA) is 105 Å². The van der Waals surface area contributed by atoms with Gasteiger partial charge in [-0.2, -0.15) is 0 Å². The number of nitrogens with zero attached hydrogens (tertiary/aromatic N) is 2. The van der Waals surface area contributed by atoms with E-state index in [0.717, 1.165) is 27.8 Å². The first-order valence-corrected chi connectivity index (χ1v) is 18.6. The molecule has 53 heavy (non-hydrogen) atoms. The smallest absolute Gasteiger partial charge is 0.338 e. The number of hydrogen-bond acceptors (Lipinski definition) is 9. The van der Waals surface area contributed by atoms with Gasteiger partial charge in [-0.05, 0) is 79.3 Å². The van der Waals surface area contributed by atoms with Crippen LogP contribution in [0, 0.1) is 0 Å². The number of carbonyl (C=O) groups excluding carboxylic acids is 2. The average molecular weight is 731 g/mol. The number of thiazole rings is 1. The summed E-state index contributed by atoms with van der Waals surface area (Å²) < 4.78 is 24.8. The van der Waals surface area contributed by atoms with Crippen LogP contribution in [0.25, 0.3) is 11.8 Å². The van der Waals surface area contributed by atoms with Crippen LogP contribution in [0.15, 0.2) is 112 Å². The number of benzene rings is 4. The molecule has 5 aromatic rings. The molecule has 1 aliphatic rings. The minimum Gasteiger partial charge on any atom is -0.490 e. The van der Waals surface area contributed by atoms with Gasteiger partial charge in [0.1, 0.15) is 6.61 Å². The maximum absolute atomic E-state index is 14.4. The Morgan fingerprint density at radius 3 is 2.17 bits per heavy atom. The third-order valence-electron chi connectivity index (χ3n) is 8.72. The molecule has 0 amide bonds. The molecule has 0 saturated heterocycles. The zero-order valence-corrected chi connectivity index (χ0v) is 31.3. The van der Waals surface area contributed by atoms with Crippen molar-refractivity contribution in [3.63, 3.8) is 0 Å². The third-order valence-corrected chi connectivity index (χ3v) is 9.70. The summed E-state index contributed by atoms with van der Waals surface area (Å²) in [5, 5.41) is 0. The van der Waals surface area contributed by atoms with Crippen LogP contribution in [-0.2, 0) is 20.9 Å². The van der Waals surface area contributed by atoms with Crippen molar-refractivity contribution in [2.45, 2.75) is 53.2 Å². The maximum Gasteiger partial charge on any atom is 0.338 e. The lowest BCUT2D eigenvalue weighted by atomic mass is 9.91. The highest BCUT2D eigenvalue weighted by Gasteiger charge is 2.35. The van der Waals surface area contributed by atoms with Crippen LogP contribution in [0.5, 0.6) is 11.5 Å². The summed E-state index contributed by atoms with van der Waals surface area (Å²) in [6.07, 6.45) is 1.80. The average Bonchev–Trinajstić information content (AvgIpc) is 3.48. The van der Waals surface area contributed by atoms with Gasteiger partial charge in [0, 0.05) is 5.56 Å². The molecule has 0 fully saturated rings. The number of fused-ring (bicyclic) bond motifs is 1. The Morgan fingerprint density at radius 2 is 1.51 bits per heavy atom. The van der Waals surface area contributed by atoms with Crippen LogP contribution < -0.4 is 24.4 Å². The van der Waals surface area contributed by atoms with Gasteiger partial charge in [-0.25, -0.2) is 14.6 Å². The molecule has 10 heteroatoms. The van der Waals surface area contributed by atoms with Crippen LogP contribution in [0.2, 0.25) is 0 Å². The van der Waals surface area contributed by atoms with Gasteiger partial charge in [0.25, 0.3) is 5.56 Å². The Hall–Kier alpha value is -5.74. The quantitative estimate of drug-likeness (QED) is 0.118. The summed E-state index contributed by atoms with van der Waals surface area (Å²) in [6.45, 7) is 10.8. The van der Waals surface area contributed by atoms with Gasteiger partial charge in [0.15, 0.2) is 16.3 Å². The van der Waals surface area contributed by atoms with E-state index in [-0.39, 0.29) is 24.7 Å². The van der Waals surface area contributed by atoms with E-state index < -0.39 is 12.0 Å². The lowest BCUT2D eigenvalue weighted by Crippen LogP contribution is -2.40.